The van der Waals surface area contributed by atoms with Crippen molar-refractivity contribution in [1.82, 2.24) is 19.9 Å². The summed E-state index contributed by atoms with van der Waals surface area (Å²) in [4.78, 5) is 8.87. The van der Waals surface area contributed by atoms with E-state index in [0.29, 0.717) is 0 Å². The molecule has 2 rings (SSSR count). The highest BCUT2D eigenvalue weighted by Gasteiger charge is 2.10. The van der Waals surface area contributed by atoms with E-state index in [1.165, 1.54) is 5.56 Å². The number of imidazole rings is 1. The van der Waals surface area contributed by atoms with E-state index >= 15 is 0 Å². The first-order valence-electron chi connectivity index (χ1n) is 7.22. The van der Waals surface area contributed by atoms with E-state index in [1.807, 2.05) is 18.6 Å². The van der Waals surface area contributed by atoms with Crippen LogP contribution in [0.3, 0.4) is 0 Å². The lowest BCUT2D eigenvalue weighted by Gasteiger charge is -2.20. The Bertz CT molecular complexity index is 552. The summed E-state index contributed by atoms with van der Waals surface area (Å²) >= 11 is 0. The smallest absolute Gasteiger partial charge is 0.138 e. The molecule has 0 amide bonds. The minimum Gasteiger partial charge on any atom is -0.308 e. The molecule has 0 unspecified atom stereocenters. The highest BCUT2D eigenvalue weighted by molar-refractivity contribution is 5.29. The van der Waals surface area contributed by atoms with Gasteiger partial charge in [-0.25, -0.2) is 9.97 Å². The van der Waals surface area contributed by atoms with E-state index < -0.39 is 0 Å². The largest absolute Gasteiger partial charge is 0.308 e. The number of aryl methyl sites for hydroxylation is 1. The van der Waals surface area contributed by atoms with Crippen LogP contribution in [0.5, 0.6) is 0 Å². The van der Waals surface area contributed by atoms with Gasteiger partial charge in [0.25, 0.3) is 0 Å². The maximum Gasteiger partial charge on any atom is 0.138 e. The van der Waals surface area contributed by atoms with Gasteiger partial charge in [0.15, 0.2) is 0 Å². The second kappa shape index (κ2) is 6.18. The molecule has 2 aromatic heterocycles. The lowest BCUT2D eigenvalue weighted by Crippen LogP contribution is -2.35. The molecule has 0 aliphatic heterocycles. The van der Waals surface area contributed by atoms with E-state index in [2.05, 4.69) is 59.7 Å². The number of hydrogen-bond acceptors (Lipinski definition) is 3. The minimum atomic E-state index is 0.117. The molecule has 1 N–H and O–H groups in total. The van der Waals surface area contributed by atoms with Gasteiger partial charge in [-0.05, 0) is 44.9 Å². The number of rotatable bonds is 5. The molecular weight excluding hydrogens is 248 g/mol. The van der Waals surface area contributed by atoms with Crippen molar-refractivity contribution in [2.75, 3.05) is 0 Å². The highest BCUT2D eigenvalue weighted by atomic mass is 15.1. The minimum absolute atomic E-state index is 0.117. The summed E-state index contributed by atoms with van der Waals surface area (Å²) in [5, 5.41) is 3.50. The van der Waals surface area contributed by atoms with Crippen molar-refractivity contribution in [2.45, 2.75) is 52.6 Å². The topological polar surface area (TPSA) is 42.7 Å². The average Bonchev–Trinajstić information content (AvgIpc) is 2.85. The van der Waals surface area contributed by atoms with E-state index in [4.69, 9.17) is 0 Å². The fraction of sp³-hybridized carbons (Fsp3) is 0.500. The Morgan fingerprint density at radius 3 is 2.70 bits per heavy atom. The molecule has 4 heteroatoms. The van der Waals surface area contributed by atoms with Crippen LogP contribution in [0.1, 0.15) is 45.5 Å². The molecule has 0 aromatic carbocycles. The van der Waals surface area contributed by atoms with Crippen LogP contribution in [0.4, 0.5) is 0 Å². The van der Waals surface area contributed by atoms with Crippen molar-refractivity contribution in [2.24, 2.45) is 0 Å². The molecule has 0 atom stereocenters. The molecule has 4 nitrogen and oxygen atoms in total. The first-order valence-corrected chi connectivity index (χ1v) is 7.22. The van der Waals surface area contributed by atoms with Crippen molar-refractivity contribution in [3.63, 3.8) is 0 Å². The van der Waals surface area contributed by atoms with Gasteiger partial charge in [-0.2, -0.15) is 0 Å². The molecule has 0 spiro atoms. The van der Waals surface area contributed by atoms with Crippen LogP contribution in [0.25, 0.3) is 5.82 Å². The third kappa shape index (κ3) is 3.90. The van der Waals surface area contributed by atoms with Crippen molar-refractivity contribution in [3.8, 4) is 5.82 Å². The molecule has 20 heavy (non-hydrogen) atoms. The van der Waals surface area contributed by atoms with Crippen molar-refractivity contribution in [1.29, 1.82) is 0 Å². The van der Waals surface area contributed by atoms with Crippen LogP contribution in [0.15, 0.2) is 30.7 Å². The summed E-state index contributed by atoms with van der Waals surface area (Å²) in [6, 6.07) is 4.18. The molecule has 0 aliphatic rings. The lowest BCUT2D eigenvalue weighted by atomic mass is 10.1. The van der Waals surface area contributed by atoms with Gasteiger partial charge in [-0.1, -0.05) is 6.92 Å². The van der Waals surface area contributed by atoms with Crippen molar-refractivity contribution >= 4 is 0 Å². The van der Waals surface area contributed by atoms with Crippen LogP contribution >= 0.6 is 0 Å². The van der Waals surface area contributed by atoms with Crippen molar-refractivity contribution < 1.29 is 0 Å². The van der Waals surface area contributed by atoms with Gasteiger partial charge in [-0.15, -0.1) is 0 Å². The van der Waals surface area contributed by atoms with E-state index in [0.717, 1.165) is 31.0 Å². The van der Waals surface area contributed by atoms with Gasteiger partial charge in [0, 0.05) is 37.1 Å². The Hall–Kier alpha value is -1.68. The Labute approximate surface area is 121 Å². The second-order valence-corrected chi connectivity index (χ2v) is 6.09. The normalized spacial score (nSPS) is 11.8. The Morgan fingerprint density at radius 2 is 2.00 bits per heavy atom. The molecular formula is C16H24N4. The summed E-state index contributed by atoms with van der Waals surface area (Å²) in [5.74, 6) is 2.01. The maximum atomic E-state index is 4.46. The first kappa shape index (κ1) is 14.7. The van der Waals surface area contributed by atoms with Gasteiger partial charge >= 0.3 is 0 Å². The summed E-state index contributed by atoms with van der Waals surface area (Å²) in [6.07, 6.45) is 7.74. The molecule has 0 fully saturated rings. The number of aromatic nitrogens is 3. The van der Waals surface area contributed by atoms with Crippen LogP contribution in [-0.2, 0) is 13.0 Å². The average molecular weight is 272 g/mol. The third-order valence-corrected chi connectivity index (χ3v) is 3.07. The van der Waals surface area contributed by atoms with E-state index in [-0.39, 0.29) is 5.54 Å². The van der Waals surface area contributed by atoms with E-state index in [1.54, 1.807) is 0 Å². The third-order valence-electron chi connectivity index (χ3n) is 3.07. The lowest BCUT2D eigenvalue weighted by molar-refractivity contribution is 0.424. The zero-order chi connectivity index (χ0) is 14.6. The molecule has 108 valence electrons. The van der Waals surface area contributed by atoms with Crippen molar-refractivity contribution in [3.05, 3.63) is 42.1 Å². The highest BCUT2D eigenvalue weighted by Crippen LogP contribution is 2.12. The fourth-order valence-corrected chi connectivity index (χ4v) is 2.02. The number of nitrogens with zero attached hydrogens (tertiary/aromatic N) is 3. The van der Waals surface area contributed by atoms with Gasteiger partial charge in [-0.3, -0.25) is 4.57 Å². The maximum absolute atomic E-state index is 4.46. The Balaban J connectivity index is 2.19. The molecule has 2 aromatic rings. The standard InChI is InChI=1S/C16H24N4/c1-5-6-14-18-9-10-20(14)15-11-13(7-8-17-15)12-19-16(2,3)4/h7-11,19H,5-6,12H2,1-4H3. The fourth-order valence-electron chi connectivity index (χ4n) is 2.02. The van der Waals surface area contributed by atoms with Crippen LogP contribution in [0.2, 0.25) is 0 Å². The Kier molecular flexibility index (Phi) is 4.55. The predicted octanol–water partition coefficient (Wildman–Crippen LogP) is 3.11. The van der Waals surface area contributed by atoms with Crippen LogP contribution < -0.4 is 5.32 Å². The monoisotopic (exact) mass is 272 g/mol. The summed E-state index contributed by atoms with van der Waals surface area (Å²) in [6.45, 7) is 9.52. The first-order chi connectivity index (χ1) is 9.49. The molecule has 0 saturated heterocycles. The zero-order valence-electron chi connectivity index (χ0n) is 12.8. The summed E-state index contributed by atoms with van der Waals surface area (Å²) in [7, 11) is 0. The van der Waals surface area contributed by atoms with Gasteiger partial charge < -0.3 is 5.32 Å². The molecule has 0 saturated carbocycles. The van der Waals surface area contributed by atoms with Gasteiger partial charge in [0.2, 0.25) is 0 Å². The number of hydrogen-bond donors (Lipinski definition) is 1. The predicted molar refractivity (Wildman–Crippen MR) is 81.9 cm³/mol. The molecule has 0 bridgehead atoms. The summed E-state index contributed by atoms with van der Waals surface area (Å²) < 4.78 is 2.07. The number of nitrogens with one attached hydrogen (secondary N) is 1. The van der Waals surface area contributed by atoms with E-state index in [9.17, 15) is 0 Å². The summed E-state index contributed by atoms with van der Waals surface area (Å²) in [5.41, 5.74) is 1.35. The Morgan fingerprint density at radius 1 is 1.20 bits per heavy atom. The van der Waals surface area contributed by atoms with Gasteiger partial charge in [0.1, 0.15) is 11.6 Å². The van der Waals surface area contributed by atoms with Crippen LogP contribution in [0, 0.1) is 0 Å². The number of pyridine rings is 1. The SMILES string of the molecule is CCCc1nccn1-c1cc(CNC(C)(C)C)ccn1. The quantitative estimate of drug-likeness (QED) is 0.909. The molecule has 2 heterocycles. The van der Waals surface area contributed by atoms with Gasteiger partial charge in [0.05, 0.1) is 0 Å². The van der Waals surface area contributed by atoms with Crippen LogP contribution in [-0.4, -0.2) is 20.1 Å². The molecule has 0 radical (unpaired) electrons. The second-order valence-electron chi connectivity index (χ2n) is 6.09. The molecule has 0 aliphatic carbocycles. The zero-order valence-corrected chi connectivity index (χ0v) is 12.8.